The molecule has 28 heavy (non-hydrogen) atoms. The Morgan fingerprint density at radius 1 is 0.929 bits per heavy atom. The van der Waals surface area contributed by atoms with Crippen molar-refractivity contribution >= 4 is 32.8 Å². The summed E-state index contributed by atoms with van der Waals surface area (Å²) >= 11 is 3.45. The molecule has 0 amide bonds. The predicted molar refractivity (Wildman–Crippen MR) is 116 cm³/mol. The molecular formula is C24H18BrNO2. The first-order valence-corrected chi connectivity index (χ1v) is 9.76. The molecule has 0 unspecified atom stereocenters. The van der Waals surface area contributed by atoms with Crippen molar-refractivity contribution in [3.63, 3.8) is 0 Å². The third-order valence-corrected chi connectivity index (χ3v) is 5.36. The number of aryl methyl sites for hydroxylation is 1. The van der Waals surface area contributed by atoms with Gasteiger partial charge in [-0.3, -0.25) is 0 Å². The van der Waals surface area contributed by atoms with Gasteiger partial charge >= 0.3 is 5.97 Å². The first kappa shape index (κ1) is 18.4. The summed E-state index contributed by atoms with van der Waals surface area (Å²) in [5.41, 5.74) is 4.98. The van der Waals surface area contributed by atoms with Crippen LogP contribution >= 0.6 is 15.9 Å². The monoisotopic (exact) mass is 431 g/mol. The maximum absolute atomic E-state index is 13.1. The summed E-state index contributed by atoms with van der Waals surface area (Å²) in [6, 6.07) is 23.0. The van der Waals surface area contributed by atoms with Gasteiger partial charge in [0, 0.05) is 15.4 Å². The summed E-state index contributed by atoms with van der Waals surface area (Å²) in [5.74, 6) is 0.196. The average Bonchev–Trinajstić information content (AvgIpc) is 2.71. The quantitative estimate of drug-likeness (QED) is 0.274. The van der Waals surface area contributed by atoms with Crippen LogP contribution in [0.5, 0.6) is 5.75 Å². The lowest BCUT2D eigenvalue weighted by Gasteiger charge is -2.12. The minimum absolute atomic E-state index is 0.384. The zero-order chi connectivity index (χ0) is 19.7. The van der Waals surface area contributed by atoms with Crippen molar-refractivity contribution < 1.29 is 9.53 Å². The summed E-state index contributed by atoms with van der Waals surface area (Å²) in [4.78, 5) is 17.8. The fourth-order valence-corrected chi connectivity index (χ4v) is 3.37. The van der Waals surface area contributed by atoms with E-state index >= 15 is 0 Å². The highest BCUT2D eigenvalue weighted by atomic mass is 79.9. The van der Waals surface area contributed by atoms with Gasteiger partial charge < -0.3 is 4.74 Å². The number of rotatable bonds is 3. The number of carbonyl (C=O) groups is 1. The average molecular weight is 432 g/mol. The van der Waals surface area contributed by atoms with E-state index in [1.165, 1.54) is 0 Å². The van der Waals surface area contributed by atoms with Gasteiger partial charge in [-0.25, -0.2) is 9.78 Å². The van der Waals surface area contributed by atoms with Crippen LogP contribution in [-0.2, 0) is 0 Å². The molecule has 0 radical (unpaired) electrons. The third-order valence-electron chi connectivity index (χ3n) is 4.83. The molecule has 0 aliphatic rings. The van der Waals surface area contributed by atoms with Crippen LogP contribution in [0.3, 0.4) is 0 Å². The van der Waals surface area contributed by atoms with Crippen LogP contribution in [0.25, 0.3) is 22.2 Å². The van der Waals surface area contributed by atoms with Crippen LogP contribution in [0, 0.1) is 13.8 Å². The first-order chi connectivity index (χ1) is 13.5. The fourth-order valence-electron chi connectivity index (χ4n) is 3.10. The van der Waals surface area contributed by atoms with Crippen molar-refractivity contribution in [2.75, 3.05) is 0 Å². The molecule has 138 valence electrons. The summed E-state index contributed by atoms with van der Waals surface area (Å²) in [5, 5.41) is 0.777. The van der Waals surface area contributed by atoms with Gasteiger partial charge in [0.25, 0.3) is 0 Å². The van der Waals surface area contributed by atoms with E-state index in [4.69, 9.17) is 9.72 Å². The Hall–Kier alpha value is -2.98. The molecule has 4 rings (SSSR count). The number of pyridine rings is 1. The number of hydrogen-bond acceptors (Lipinski definition) is 3. The van der Waals surface area contributed by atoms with Gasteiger partial charge in [0.15, 0.2) is 0 Å². The Morgan fingerprint density at radius 3 is 2.46 bits per heavy atom. The normalized spacial score (nSPS) is 10.8. The molecule has 0 saturated carbocycles. The number of nitrogens with zero attached hydrogens (tertiary/aromatic N) is 1. The molecule has 0 fully saturated rings. The smallest absolute Gasteiger partial charge is 0.344 e. The fraction of sp³-hybridized carbons (Fsp3) is 0.0833. The van der Waals surface area contributed by atoms with E-state index in [2.05, 4.69) is 15.9 Å². The van der Waals surface area contributed by atoms with E-state index < -0.39 is 0 Å². The number of carbonyl (C=O) groups excluding carboxylic acids is 1. The molecule has 0 N–H and O–H groups in total. The van der Waals surface area contributed by atoms with Crippen LogP contribution in [0.15, 0.2) is 77.3 Å². The third kappa shape index (κ3) is 3.56. The molecule has 0 saturated heterocycles. The second-order valence-corrected chi connectivity index (χ2v) is 7.58. The maximum Gasteiger partial charge on any atom is 0.344 e. The minimum Gasteiger partial charge on any atom is -0.423 e. The van der Waals surface area contributed by atoms with Gasteiger partial charge in [-0.2, -0.15) is 0 Å². The molecule has 3 aromatic carbocycles. The minimum atomic E-state index is -0.384. The highest BCUT2D eigenvalue weighted by Gasteiger charge is 2.17. The largest absolute Gasteiger partial charge is 0.423 e. The Morgan fingerprint density at radius 2 is 1.68 bits per heavy atom. The van der Waals surface area contributed by atoms with Crippen molar-refractivity contribution in [2.24, 2.45) is 0 Å². The molecule has 0 spiro atoms. The highest BCUT2D eigenvalue weighted by molar-refractivity contribution is 9.10. The number of fused-ring (bicyclic) bond motifs is 1. The lowest BCUT2D eigenvalue weighted by molar-refractivity contribution is 0.0735. The van der Waals surface area contributed by atoms with Crippen molar-refractivity contribution in [2.45, 2.75) is 13.8 Å². The van der Waals surface area contributed by atoms with E-state index in [0.717, 1.165) is 37.8 Å². The molecule has 0 bridgehead atoms. The van der Waals surface area contributed by atoms with E-state index in [-0.39, 0.29) is 5.97 Å². The van der Waals surface area contributed by atoms with Gasteiger partial charge in [0.05, 0.1) is 16.8 Å². The molecular weight excluding hydrogens is 414 g/mol. The number of aromatic nitrogens is 1. The van der Waals surface area contributed by atoms with Crippen LogP contribution in [0.2, 0.25) is 0 Å². The lowest BCUT2D eigenvalue weighted by atomic mass is 10.0. The van der Waals surface area contributed by atoms with E-state index in [0.29, 0.717) is 11.3 Å². The number of esters is 1. The molecule has 0 aliphatic heterocycles. The Kier molecular flexibility index (Phi) is 4.97. The van der Waals surface area contributed by atoms with Gasteiger partial charge in [-0.15, -0.1) is 0 Å². The lowest BCUT2D eigenvalue weighted by Crippen LogP contribution is -2.11. The van der Waals surface area contributed by atoms with Gasteiger partial charge in [-0.05, 0) is 55.3 Å². The van der Waals surface area contributed by atoms with Gasteiger partial charge in [-0.1, -0.05) is 58.4 Å². The van der Waals surface area contributed by atoms with Crippen molar-refractivity contribution in [1.29, 1.82) is 0 Å². The number of ether oxygens (including phenoxy) is 1. The molecule has 1 heterocycles. The standard InChI is InChI=1S/C24H18BrNO2/c1-15-6-5-9-23(16(15)2)28-24(27)20-14-22(17-10-12-18(25)13-11-17)26-21-8-4-3-7-19(20)21/h3-14H,1-2H3. The summed E-state index contributed by atoms with van der Waals surface area (Å²) in [7, 11) is 0. The molecule has 4 aromatic rings. The number of halogens is 1. The zero-order valence-corrected chi connectivity index (χ0v) is 17.2. The summed E-state index contributed by atoms with van der Waals surface area (Å²) in [6.45, 7) is 3.95. The molecule has 0 atom stereocenters. The molecule has 0 aliphatic carbocycles. The summed E-state index contributed by atoms with van der Waals surface area (Å²) in [6.07, 6.45) is 0. The maximum atomic E-state index is 13.1. The first-order valence-electron chi connectivity index (χ1n) is 8.97. The number of hydrogen-bond donors (Lipinski definition) is 0. The second-order valence-electron chi connectivity index (χ2n) is 6.67. The number of para-hydroxylation sites is 1. The summed E-state index contributed by atoms with van der Waals surface area (Å²) < 4.78 is 6.75. The highest BCUT2D eigenvalue weighted by Crippen LogP contribution is 2.28. The molecule has 1 aromatic heterocycles. The van der Waals surface area contributed by atoms with E-state index in [1.54, 1.807) is 6.07 Å². The molecule has 3 nitrogen and oxygen atoms in total. The predicted octanol–water partition coefficient (Wildman–Crippen LogP) is 6.50. The SMILES string of the molecule is Cc1cccc(OC(=O)c2cc(-c3ccc(Br)cc3)nc3ccccc23)c1C. The topological polar surface area (TPSA) is 39.2 Å². The van der Waals surface area contributed by atoms with Crippen molar-refractivity contribution in [1.82, 2.24) is 4.98 Å². The Balaban J connectivity index is 1.81. The van der Waals surface area contributed by atoms with E-state index in [9.17, 15) is 4.79 Å². The van der Waals surface area contributed by atoms with Crippen molar-refractivity contribution in [3.05, 3.63) is 94.0 Å². The van der Waals surface area contributed by atoms with Crippen molar-refractivity contribution in [3.8, 4) is 17.0 Å². The van der Waals surface area contributed by atoms with Gasteiger partial charge in [0.1, 0.15) is 5.75 Å². The van der Waals surface area contributed by atoms with Gasteiger partial charge in [0.2, 0.25) is 0 Å². The Labute approximate surface area is 172 Å². The van der Waals surface area contributed by atoms with E-state index in [1.807, 2.05) is 80.6 Å². The molecule has 4 heteroatoms. The Bertz CT molecular complexity index is 1180. The second kappa shape index (κ2) is 7.56. The van der Waals surface area contributed by atoms with Crippen LogP contribution in [0.4, 0.5) is 0 Å². The van der Waals surface area contributed by atoms with Crippen LogP contribution in [-0.4, -0.2) is 11.0 Å². The van der Waals surface area contributed by atoms with Crippen LogP contribution < -0.4 is 4.74 Å². The zero-order valence-electron chi connectivity index (χ0n) is 15.6. The number of benzene rings is 3. The van der Waals surface area contributed by atoms with Crippen LogP contribution in [0.1, 0.15) is 21.5 Å².